The van der Waals surface area contributed by atoms with Crippen LogP contribution in [0.15, 0.2) is 91.0 Å². The molecule has 4 aromatic carbocycles. The molecule has 3 nitrogen and oxygen atoms in total. The first-order valence-electron chi connectivity index (χ1n) is 16.7. The van der Waals surface area contributed by atoms with Crippen LogP contribution in [0.5, 0.6) is 11.5 Å². The number of unbranched alkanes of at least 4 members (excludes halogenated alkanes) is 7. The lowest BCUT2D eigenvalue weighted by molar-refractivity contribution is 0.303. The molecule has 0 spiro atoms. The minimum atomic E-state index is 0.731. The third-order valence-electron chi connectivity index (χ3n) is 8.15. The first-order chi connectivity index (χ1) is 22.0. The van der Waals surface area contributed by atoms with Crippen LogP contribution in [0.25, 0.3) is 18.2 Å². The number of nitrogens with zero attached hydrogens (tertiary/aromatic N) is 1. The Hall–Kier alpha value is -4.24. The van der Waals surface area contributed by atoms with E-state index in [4.69, 9.17) is 9.47 Å². The maximum absolute atomic E-state index is 6.32. The van der Waals surface area contributed by atoms with Gasteiger partial charge >= 0.3 is 0 Å². The molecule has 0 amide bonds. The van der Waals surface area contributed by atoms with E-state index in [2.05, 4.69) is 129 Å². The molecule has 0 aromatic heterocycles. The van der Waals surface area contributed by atoms with Crippen molar-refractivity contribution in [3.63, 3.8) is 0 Å². The summed E-state index contributed by atoms with van der Waals surface area (Å²) in [5.74, 6) is 1.74. The van der Waals surface area contributed by atoms with Crippen LogP contribution in [-0.2, 0) is 0 Å². The van der Waals surface area contributed by atoms with Gasteiger partial charge in [-0.3, -0.25) is 0 Å². The second-order valence-electron chi connectivity index (χ2n) is 11.9. The van der Waals surface area contributed by atoms with E-state index in [1.807, 2.05) is 13.0 Å². The fraction of sp³-hybridized carbons (Fsp3) is 0.333. The van der Waals surface area contributed by atoms with Crippen molar-refractivity contribution >= 4 is 35.3 Å². The number of methoxy groups -OCH3 is 1. The van der Waals surface area contributed by atoms with Gasteiger partial charge in [0.25, 0.3) is 0 Å². The average Bonchev–Trinajstić information content (AvgIpc) is 3.06. The summed E-state index contributed by atoms with van der Waals surface area (Å²) in [7, 11) is 1.73. The lowest BCUT2D eigenvalue weighted by atomic mass is 10.1. The molecular formula is C42H51NO2. The molecule has 0 atom stereocenters. The zero-order valence-electron chi connectivity index (χ0n) is 28.0. The van der Waals surface area contributed by atoms with Crippen LogP contribution < -0.4 is 14.4 Å². The molecule has 0 bridgehead atoms. The third-order valence-corrected chi connectivity index (χ3v) is 8.15. The molecule has 0 aliphatic carbocycles. The van der Waals surface area contributed by atoms with Crippen LogP contribution in [0.1, 0.15) is 93.0 Å². The molecule has 4 aromatic rings. The van der Waals surface area contributed by atoms with Gasteiger partial charge in [-0.05, 0) is 81.3 Å². The summed E-state index contributed by atoms with van der Waals surface area (Å²) < 4.78 is 12.1. The monoisotopic (exact) mass is 601 g/mol. The van der Waals surface area contributed by atoms with E-state index in [-0.39, 0.29) is 0 Å². The molecule has 0 unspecified atom stereocenters. The third kappa shape index (κ3) is 10.1. The van der Waals surface area contributed by atoms with Crippen molar-refractivity contribution in [1.82, 2.24) is 0 Å². The second-order valence-corrected chi connectivity index (χ2v) is 11.9. The Morgan fingerprint density at radius 2 is 1.07 bits per heavy atom. The van der Waals surface area contributed by atoms with Crippen LogP contribution in [-0.4, -0.2) is 13.7 Å². The van der Waals surface area contributed by atoms with Gasteiger partial charge in [-0.25, -0.2) is 0 Å². The van der Waals surface area contributed by atoms with E-state index >= 15 is 0 Å². The standard InChI is InChI=1S/C42H51NO2/c1-6-8-9-10-11-12-13-14-30-45-42-32-37(41(44-5)31-36(42)15-7-2)23-20-35-21-28-40(29-22-35)43(38-24-16-33(3)17-25-38)39-26-18-34(4)19-27-39/h7,15-29,31-32H,6,8-14,30H2,1-5H3. The van der Waals surface area contributed by atoms with Gasteiger partial charge in [0.15, 0.2) is 0 Å². The van der Waals surface area contributed by atoms with Gasteiger partial charge in [-0.1, -0.05) is 124 Å². The van der Waals surface area contributed by atoms with Gasteiger partial charge in [0.1, 0.15) is 11.5 Å². The molecule has 0 radical (unpaired) electrons. The highest BCUT2D eigenvalue weighted by Crippen LogP contribution is 2.35. The largest absolute Gasteiger partial charge is 0.496 e. The fourth-order valence-corrected chi connectivity index (χ4v) is 5.51. The van der Waals surface area contributed by atoms with Gasteiger partial charge in [-0.2, -0.15) is 0 Å². The van der Waals surface area contributed by atoms with Crippen molar-refractivity contribution in [2.75, 3.05) is 18.6 Å². The van der Waals surface area contributed by atoms with Crippen LogP contribution >= 0.6 is 0 Å². The number of allylic oxidation sites excluding steroid dienone is 1. The van der Waals surface area contributed by atoms with Crippen LogP contribution in [0.3, 0.4) is 0 Å². The number of hydrogen-bond acceptors (Lipinski definition) is 3. The number of rotatable bonds is 17. The van der Waals surface area contributed by atoms with Gasteiger partial charge in [-0.15, -0.1) is 0 Å². The predicted octanol–water partition coefficient (Wildman–Crippen LogP) is 12.5. The molecule has 0 saturated carbocycles. The highest BCUT2D eigenvalue weighted by atomic mass is 16.5. The lowest BCUT2D eigenvalue weighted by Crippen LogP contribution is -2.09. The zero-order valence-corrected chi connectivity index (χ0v) is 28.0. The van der Waals surface area contributed by atoms with Crippen molar-refractivity contribution < 1.29 is 9.47 Å². The topological polar surface area (TPSA) is 21.7 Å². The lowest BCUT2D eigenvalue weighted by Gasteiger charge is -2.25. The van der Waals surface area contributed by atoms with Crippen LogP contribution in [0.2, 0.25) is 0 Å². The summed E-state index contributed by atoms with van der Waals surface area (Å²) in [4.78, 5) is 2.30. The normalized spacial score (nSPS) is 11.4. The van der Waals surface area contributed by atoms with Crippen molar-refractivity contribution in [2.45, 2.75) is 79.1 Å². The Balaban J connectivity index is 1.49. The highest BCUT2D eigenvalue weighted by Gasteiger charge is 2.13. The fourth-order valence-electron chi connectivity index (χ4n) is 5.51. The molecular weight excluding hydrogens is 550 g/mol. The maximum Gasteiger partial charge on any atom is 0.127 e. The zero-order chi connectivity index (χ0) is 31.9. The van der Waals surface area contributed by atoms with E-state index in [1.165, 1.54) is 56.1 Å². The van der Waals surface area contributed by atoms with Crippen molar-refractivity contribution in [3.8, 4) is 11.5 Å². The number of benzene rings is 4. The van der Waals surface area contributed by atoms with Crippen molar-refractivity contribution in [1.29, 1.82) is 0 Å². The van der Waals surface area contributed by atoms with Gasteiger partial charge in [0.2, 0.25) is 0 Å². The number of ether oxygens (including phenoxy) is 2. The molecule has 4 rings (SSSR count). The van der Waals surface area contributed by atoms with Gasteiger partial charge < -0.3 is 14.4 Å². The summed E-state index contributed by atoms with van der Waals surface area (Å²) in [5.41, 5.74) is 9.05. The van der Waals surface area contributed by atoms with Crippen LogP contribution in [0, 0.1) is 13.8 Å². The molecule has 0 N–H and O–H groups in total. The molecule has 0 heterocycles. The maximum atomic E-state index is 6.32. The smallest absolute Gasteiger partial charge is 0.127 e. The summed E-state index contributed by atoms with van der Waals surface area (Å²) in [5, 5.41) is 0. The van der Waals surface area contributed by atoms with Gasteiger partial charge in [0.05, 0.1) is 13.7 Å². The van der Waals surface area contributed by atoms with Gasteiger partial charge in [0, 0.05) is 28.2 Å². The SMILES string of the molecule is CC=Cc1cc(OC)c(C=Cc2ccc(N(c3ccc(C)cc3)c3ccc(C)cc3)cc2)cc1OCCCCCCCCCC. The van der Waals surface area contributed by atoms with E-state index in [0.29, 0.717) is 0 Å². The summed E-state index contributed by atoms with van der Waals surface area (Å²) in [6.45, 7) is 9.28. The second kappa shape index (κ2) is 17.9. The summed E-state index contributed by atoms with van der Waals surface area (Å²) in [6.07, 6.45) is 18.7. The van der Waals surface area contributed by atoms with E-state index in [9.17, 15) is 0 Å². The molecule has 3 heteroatoms. The number of aryl methyl sites for hydroxylation is 2. The van der Waals surface area contributed by atoms with Crippen molar-refractivity contribution in [3.05, 3.63) is 119 Å². The van der Waals surface area contributed by atoms with E-state index in [1.54, 1.807) is 7.11 Å². The number of anilines is 3. The minimum Gasteiger partial charge on any atom is -0.496 e. The number of hydrogen-bond donors (Lipinski definition) is 0. The Morgan fingerprint density at radius 1 is 0.578 bits per heavy atom. The Labute approximate surface area is 272 Å². The summed E-state index contributed by atoms with van der Waals surface area (Å²) >= 11 is 0. The minimum absolute atomic E-state index is 0.731. The Bertz CT molecular complexity index is 1450. The quantitative estimate of drug-likeness (QED) is 0.0887. The molecule has 0 fully saturated rings. The van der Waals surface area contributed by atoms with E-state index < -0.39 is 0 Å². The Kier molecular flexibility index (Phi) is 13.4. The average molecular weight is 602 g/mol. The molecule has 0 saturated heterocycles. The first-order valence-corrected chi connectivity index (χ1v) is 16.7. The van der Waals surface area contributed by atoms with Crippen LogP contribution in [0.4, 0.5) is 17.1 Å². The Morgan fingerprint density at radius 3 is 1.60 bits per heavy atom. The first kappa shape index (κ1) is 33.6. The molecule has 236 valence electrons. The molecule has 0 aliphatic heterocycles. The highest BCUT2D eigenvalue weighted by molar-refractivity contribution is 5.79. The molecule has 45 heavy (non-hydrogen) atoms. The van der Waals surface area contributed by atoms with Crippen molar-refractivity contribution in [2.24, 2.45) is 0 Å². The van der Waals surface area contributed by atoms with E-state index in [0.717, 1.165) is 58.3 Å². The molecule has 0 aliphatic rings. The summed E-state index contributed by atoms with van der Waals surface area (Å²) in [6, 6.07) is 30.3. The predicted molar refractivity (Wildman–Crippen MR) is 195 cm³/mol.